The molecule has 0 aliphatic heterocycles. The highest BCUT2D eigenvalue weighted by atomic mass is 127. The highest BCUT2D eigenvalue weighted by molar-refractivity contribution is 14.1. The summed E-state index contributed by atoms with van der Waals surface area (Å²) in [4.78, 5) is 24.4. The van der Waals surface area contributed by atoms with Crippen molar-refractivity contribution in [2.24, 2.45) is 0 Å². The fourth-order valence-electron chi connectivity index (χ4n) is 3.69. The maximum absolute atomic E-state index is 13.1. The van der Waals surface area contributed by atoms with Crippen LogP contribution in [0.3, 0.4) is 0 Å². The second-order valence-electron chi connectivity index (χ2n) is 7.77. The molecule has 1 amide bonds. The van der Waals surface area contributed by atoms with Crippen LogP contribution in [-0.4, -0.2) is 28.4 Å². The summed E-state index contributed by atoms with van der Waals surface area (Å²) in [7, 11) is 0. The fourth-order valence-corrected chi connectivity index (χ4v) is 4.20. The lowest BCUT2D eigenvalue weighted by Crippen LogP contribution is -2.30. The first-order chi connectivity index (χ1) is 17.4. The lowest BCUT2D eigenvalue weighted by Gasteiger charge is -2.27. The number of hydrogen-bond donors (Lipinski definition) is 3. The third-order valence-corrected chi connectivity index (χ3v) is 5.97. The van der Waals surface area contributed by atoms with Gasteiger partial charge in [0.05, 0.1) is 5.69 Å². The van der Waals surface area contributed by atoms with E-state index in [1.807, 2.05) is 42.5 Å². The number of carboxylic acids is 1. The number of fused-ring (bicyclic) bond motifs is 1. The van der Waals surface area contributed by atoms with Crippen LogP contribution in [-0.2, 0) is 9.53 Å². The van der Waals surface area contributed by atoms with Crippen molar-refractivity contribution in [3.05, 3.63) is 112 Å². The molecule has 0 unspecified atom stereocenters. The van der Waals surface area contributed by atoms with Crippen molar-refractivity contribution in [2.75, 3.05) is 5.32 Å². The number of carbonyl (C=O) groups is 2. The SMILES string of the molecule is O=C(O)/C=C/[C@H](Oc1ccccc1)[C@@H](OC(=O)Nc1cccc2ccccc12)c1cc(I)ccc1O. The topological polar surface area (TPSA) is 105 Å². The molecule has 0 saturated heterocycles. The number of halogens is 1. The lowest BCUT2D eigenvalue weighted by atomic mass is 10.0. The second kappa shape index (κ2) is 11.6. The van der Waals surface area contributed by atoms with Gasteiger partial charge in [-0.05, 0) is 70.5 Å². The van der Waals surface area contributed by atoms with Crippen LogP contribution < -0.4 is 10.1 Å². The van der Waals surface area contributed by atoms with E-state index in [1.165, 1.54) is 12.1 Å². The number of hydrogen-bond acceptors (Lipinski definition) is 5. The van der Waals surface area contributed by atoms with Crippen LogP contribution in [0, 0.1) is 3.57 Å². The molecule has 0 aliphatic rings. The Morgan fingerprint density at radius 1 is 0.917 bits per heavy atom. The van der Waals surface area contributed by atoms with Crippen LogP contribution in [0.2, 0.25) is 0 Å². The molecule has 36 heavy (non-hydrogen) atoms. The van der Waals surface area contributed by atoms with Gasteiger partial charge in [-0.2, -0.15) is 0 Å². The van der Waals surface area contributed by atoms with Crippen LogP contribution in [0.15, 0.2) is 103 Å². The summed E-state index contributed by atoms with van der Waals surface area (Å²) >= 11 is 2.08. The molecule has 2 atom stereocenters. The van der Waals surface area contributed by atoms with Gasteiger partial charge in [0.25, 0.3) is 0 Å². The van der Waals surface area contributed by atoms with Crippen molar-refractivity contribution in [1.82, 2.24) is 0 Å². The van der Waals surface area contributed by atoms with E-state index in [4.69, 9.17) is 9.47 Å². The van der Waals surface area contributed by atoms with E-state index in [-0.39, 0.29) is 11.3 Å². The quantitative estimate of drug-likeness (QED) is 0.158. The normalized spacial score (nSPS) is 12.7. The Morgan fingerprint density at radius 2 is 1.64 bits per heavy atom. The number of carbonyl (C=O) groups excluding carboxylic acids is 1. The first kappa shape index (κ1) is 25.1. The minimum absolute atomic E-state index is 0.122. The Morgan fingerprint density at radius 3 is 2.42 bits per heavy atom. The van der Waals surface area contributed by atoms with Crippen LogP contribution in [0.5, 0.6) is 11.5 Å². The molecule has 0 saturated carbocycles. The number of amides is 1. The Balaban J connectivity index is 1.70. The number of aliphatic carboxylic acids is 1. The molecule has 4 aromatic rings. The number of phenols is 1. The van der Waals surface area contributed by atoms with E-state index in [0.29, 0.717) is 11.4 Å². The minimum Gasteiger partial charge on any atom is -0.508 e. The van der Waals surface area contributed by atoms with Gasteiger partial charge in [0.2, 0.25) is 0 Å². The molecule has 3 N–H and O–H groups in total. The minimum atomic E-state index is -1.19. The van der Waals surface area contributed by atoms with Crippen LogP contribution in [0.4, 0.5) is 10.5 Å². The number of aromatic hydroxyl groups is 1. The van der Waals surface area contributed by atoms with Crippen LogP contribution in [0.25, 0.3) is 10.8 Å². The number of benzene rings is 4. The summed E-state index contributed by atoms with van der Waals surface area (Å²) in [5, 5.41) is 24.4. The number of anilines is 1. The van der Waals surface area contributed by atoms with E-state index < -0.39 is 24.3 Å². The molecular formula is C28H22INO6. The Kier molecular flexibility index (Phi) is 8.06. The Bertz CT molecular complexity index is 1400. The summed E-state index contributed by atoms with van der Waals surface area (Å²) in [5.41, 5.74) is 0.816. The monoisotopic (exact) mass is 595 g/mol. The summed E-state index contributed by atoms with van der Waals surface area (Å²) in [5.74, 6) is -0.878. The maximum Gasteiger partial charge on any atom is 0.412 e. The molecule has 8 heteroatoms. The van der Waals surface area contributed by atoms with Gasteiger partial charge in [-0.25, -0.2) is 9.59 Å². The van der Waals surface area contributed by atoms with Crippen molar-refractivity contribution < 1.29 is 29.3 Å². The zero-order valence-corrected chi connectivity index (χ0v) is 21.0. The third-order valence-electron chi connectivity index (χ3n) is 5.30. The molecule has 0 bridgehead atoms. The second-order valence-corrected chi connectivity index (χ2v) is 9.02. The van der Waals surface area contributed by atoms with Crippen LogP contribution in [0.1, 0.15) is 11.7 Å². The highest BCUT2D eigenvalue weighted by Crippen LogP contribution is 2.34. The van der Waals surface area contributed by atoms with Gasteiger partial charge >= 0.3 is 12.1 Å². The Hall–Kier alpha value is -4.05. The summed E-state index contributed by atoms with van der Waals surface area (Å²) in [6.45, 7) is 0. The molecule has 0 spiro atoms. The third kappa shape index (κ3) is 6.33. The molecule has 0 radical (unpaired) electrons. The van der Waals surface area contributed by atoms with E-state index in [9.17, 15) is 19.8 Å². The molecule has 0 aromatic heterocycles. The van der Waals surface area contributed by atoms with E-state index in [2.05, 4.69) is 27.9 Å². The summed E-state index contributed by atoms with van der Waals surface area (Å²) in [6, 6.07) is 26.7. The summed E-state index contributed by atoms with van der Waals surface area (Å²) in [6.07, 6.45) is -0.835. The highest BCUT2D eigenvalue weighted by Gasteiger charge is 2.30. The van der Waals surface area contributed by atoms with Gasteiger partial charge in [-0.15, -0.1) is 0 Å². The lowest BCUT2D eigenvalue weighted by molar-refractivity contribution is -0.131. The largest absolute Gasteiger partial charge is 0.508 e. The van der Waals surface area contributed by atoms with E-state index >= 15 is 0 Å². The number of carboxylic acid groups (broad SMARTS) is 1. The standard InChI is InChI=1S/C28H22INO6/c29-19-13-14-24(31)22(17-19)27(25(15-16-26(32)33)35-20-9-2-1-3-10-20)36-28(34)30-23-12-6-8-18-7-4-5-11-21(18)23/h1-17,25,27,31H,(H,30,34)(H,32,33)/b16-15+/t25-,27-/m0/s1. The number of phenolic OH excluding ortho intramolecular Hbond substituents is 1. The van der Waals surface area contributed by atoms with Crippen molar-refractivity contribution in [1.29, 1.82) is 0 Å². The number of rotatable bonds is 8. The zero-order valence-electron chi connectivity index (χ0n) is 18.9. The van der Waals surface area contributed by atoms with E-state index in [0.717, 1.165) is 20.4 Å². The molecule has 0 heterocycles. The number of para-hydroxylation sites is 1. The molecule has 4 aromatic carbocycles. The van der Waals surface area contributed by atoms with Gasteiger partial charge in [0.15, 0.2) is 12.2 Å². The first-order valence-corrected chi connectivity index (χ1v) is 12.1. The maximum atomic E-state index is 13.1. The van der Waals surface area contributed by atoms with Crippen molar-refractivity contribution in [2.45, 2.75) is 12.2 Å². The average Bonchev–Trinajstić information content (AvgIpc) is 2.87. The van der Waals surface area contributed by atoms with Gasteiger partial charge in [-0.1, -0.05) is 54.6 Å². The fraction of sp³-hybridized carbons (Fsp3) is 0.0714. The van der Waals surface area contributed by atoms with Crippen molar-refractivity contribution in [3.63, 3.8) is 0 Å². The smallest absolute Gasteiger partial charge is 0.412 e. The first-order valence-electron chi connectivity index (χ1n) is 11.0. The van der Waals surface area contributed by atoms with E-state index in [1.54, 1.807) is 42.5 Å². The Labute approximate surface area is 221 Å². The van der Waals surface area contributed by atoms with Gasteiger partial charge < -0.3 is 19.7 Å². The molecular weight excluding hydrogens is 573 g/mol. The molecule has 0 fully saturated rings. The zero-order chi connectivity index (χ0) is 25.5. The van der Waals surface area contributed by atoms with Gasteiger partial charge in [-0.3, -0.25) is 5.32 Å². The van der Waals surface area contributed by atoms with Gasteiger partial charge in [0.1, 0.15) is 11.5 Å². The molecule has 4 rings (SSSR count). The number of nitrogens with one attached hydrogen (secondary N) is 1. The van der Waals surface area contributed by atoms with Crippen molar-refractivity contribution in [3.8, 4) is 11.5 Å². The average molecular weight is 595 g/mol. The summed E-state index contributed by atoms with van der Waals surface area (Å²) < 4.78 is 12.6. The molecule has 182 valence electrons. The molecule has 7 nitrogen and oxygen atoms in total. The predicted molar refractivity (Wildman–Crippen MR) is 145 cm³/mol. The molecule has 0 aliphatic carbocycles. The predicted octanol–water partition coefficient (Wildman–Crippen LogP) is 6.53. The van der Waals surface area contributed by atoms with Gasteiger partial charge in [0, 0.05) is 20.6 Å². The van der Waals surface area contributed by atoms with Crippen LogP contribution >= 0.6 is 22.6 Å². The van der Waals surface area contributed by atoms with Crippen molar-refractivity contribution >= 4 is 51.1 Å². The number of ether oxygens (including phenoxy) is 2.